The Balaban J connectivity index is 1.57. The molecule has 0 aliphatic heterocycles. The van der Waals surface area contributed by atoms with E-state index in [-0.39, 0.29) is 17.8 Å². The summed E-state index contributed by atoms with van der Waals surface area (Å²) in [5, 5.41) is 2.81. The van der Waals surface area contributed by atoms with Crippen LogP contribution in [0.5, 0.6) is 5.88 Å². The van der Waals surface area contributed by atoms with E-state index in [2.05, 4.69) is 10.3 Å². The van der Waals surface area contributed by atoms with Crippen LogP contribution in [-0.2, 0) is 6.54 Å². The number of ether oxygens (including phenoxy) is 1. The molecule has 0 bridgehead atoms. The Kier molecular flexibility index (Phi) is 4.86. The molecule has 1 aromatic heterocycles. The molecule has 5 heteroatoms. The van der Waals surface area contributed by atoms with Crippen LogP contribution in [0.2, 0.25) is 0 Å². The van der Waals surface area contributed by atoms with Gasteiger partial charge in [-0.15, -0.1) is 0 Å². The van der Waals surface area contributed by atoms with Gasteiger partial charge in [-0.3, -0.25) is 4.79 Å². The van der Waals surface area contributed by atoms with E-state index in [9.17, 15) is 9.18 Å². The summed E-state index contributed by atoms with van der Waals surface area (Å²) in [7, 11) is 0. The van der Waals surface area contributed by atoms with Crippen LogP contribution in [0.3, 0.4) is 0 Å². The minimum atomic E-state index is -0.357. The highest BCUT2D eigenvalue weighted by molar-refractivity contribution is 5.94. The first-order valence-corrected chi connectivity index (χ1v) is 7.86. The third-order valence-corrected chi connectivity index (χ3v) is 3.95. The first-order chi connectivity index (χ1) is 11.2. The van der Waals surface area contributed by atoms with Gasteiger partial charge in [0.15, 0.2) is 0 Å². The zero-order chi connectivity index (χ0) is 16.1. The summed E-state index contributed by atoms with van der Waals surface area (Å²) < 4.78 is 18.7. The predicted octanol–water partition coefficient (Wildman–Crippen LogP) is 3.47. The number of benzene rings is 1. The third-order valence-electron chi connectivity index (χ3n) is 3.95. The summed E-state index contributed by atoms with van der Waals surface area (Å²) in [6, 6.07) is 9.16. The van der Waals surface area contributed by atoms with Crippen molar-refractivity contribution in [3.63, 3.8) is 0 Å². The molecule has 23 heavy (non-hydrogen) atoms. The molecule has 1 fully saturated rings. The van der Waals surface area contributed by atoms with Crippen LogP contribution in [0, 0.1) is 5.82 Å². The van der Waals surface area contributed by atoms with Crippen molar-refractivity contribution in [1.29, 1.82) is 0 Å². The van der Waals surface area contributed by atoms with E-state index in [1.807, 2.05) is 12.1 Å². The summed E-state index contributed by atoms with van der Waals surface area (Å²) in [6.07, 6.45) is 6.51. The van der Waals surface area contributed by atoms with Crippen molar-refractivity contribution in [2.75, 3.05) is 0 Å². The van der Waals surface area contributed by atoms with Crippen molar-refractivity contribution in [3.8, 4) is 5.88 Å². The second kappa shape index (κ2) is 7.22. The van der Waals surface area contributed by atoms with Crippen LogP contribution in [0.4, 0.5) is 4.39 Å². The smallest absolute Gasteiger partial charge is 0.251 e. The molecular formula is C18H19FN2O2. The number of nitrogens with one attached hydrogen (secondary N) is 1. The summed E-state index contributed by atoms with van der Waals surface area (Å²) in [6.45, 7) is 0.375. The Hall–Kier alpha value is -2.43. The number of amides is 1. The standard InChI is InChI=1S/C18H19FN2O2/c19-15-7-5-14(6-8-15)18(22)21-12-13-9-10-20-17(11-13)23-16-3-1-2-4-16/h5-11,16H,1-4,12H2,(H,21,22). The Morgan fingerprint density at radius 2 is 1.96 bits per heavy atom. The normalized spacial score (nSPS) is 14.7. The molecule has 1 heterocycles. The number of carbonyl (C=O) groups excluding carboxylic acids is 1. The summed E-state index contributed by atoms with van der Waals surface area (Å²) in [4.78, 5) is 16.2. The fourth-order valence-corrected chi connectivity index (χ4v) is 2.69. The number of carbonyl (C=O) groups is 1. The number of aromatic nitrogens is 1. The molecule has 1 aliphatic rings. The van der Waals surface area contributed by atoms with E-state index in [1.54, 1.807) is 6.20 Å². The first-order valence-electron chi connectivity index (χ1n) is 7.86. The lowest BCUT2D eigenvalue weighted by atomic mass is 10.2. The van der Waals surface area contributed by atoms with Gasteiger partial charge >= 0.3 is 0 Å². The Morgan fingerprint density at radius 3 is 2.70 bits per heavy atom. The summed E-state index contributed by atoms with van der Waals surface area (Å²) in [5.41, 5.74) is 1.35. The number of halogens is 1. The second-order valence-corrected chi connectivity index (χ2v) is 5.72. The molecule has 3 rings (SSSR count). The molecule has 1 N–H and O–H groups in total. The number of hydrogen-bond acceptors (Lipinski definition) is 3. The van der Waals surface area contributed by atoms with Crippen LogP contribution in [-0.4, -0.2) is 17.0 Å². The highest BCUT2D eigenvalue weighted by atomic mass is 19.1. The average Bonchev–Trinajstić information content (AvgIpc) is 3.07. The van der Waals surface area contributed by atoms with Crippen LogP contribution in [0.1, 0.15) is 41.6 Å². The number of nitrogens with zero attached hydrogens (tertiary/aromatic N) is 1. The van der Waals surface area contributed by atoms with Gasteiger partial charge in [-0.2, -0.15) is 0 Å². The maximum atomic E-state index is 12.9. The SMILES string of the molecule is O=C(NCc1ccnc(OC2CCCC2)c1)c1ccc(F)cc1. The van der Waals surface area contributed by atoms with E-state index >= 15 is 0 Å². The maximum absolute atomic E-state index is 12.9. The average molecular weight is 314 g/mol. The molecule has 1 amide bonds. The van der Waals surface area contributed by atoms with Crippen LogP contribution < -0.4 is 10.1 Å². The van der Waals surface area contributed by atoms with Gasteiger partial charge in [0.25, 0.3) is 5.91 Å². The van der Waals surface area contributed by atoms with Crippen molar-refractivity contribution >= 4 is 5.91 Å². The molecule has 1 aliphatic carbocycles. The molecule has 0 spiro atoms. The fourth-order valence-electron chi connectivity index (χ4n) is 2.69. The van der Waals surface area contributed by atoms with Gasteiger partial charge in [0.1, 0.15) is 11.9 Å². The molecule has 2 aromatic rings. The zero-order valence-corrected chi connectivity index (χ0v) is 12.8. The Bertz CT molecular complexity index is 667. The molecule has 0 saturated heterocycles. The lowest BCUT2D eigenvalue weighted by Crippen LogP contribution is -2.22. The highest BCUT2D eigenvalue weighted by Crippen LogP contribution is 2.23. The number of rotatable bonds is 5. The topological polar surface area (TPSA) is 51.2 Å². The zero-order valence-electron chi connectivity index (χ0n) is 12.8. The quantitative estimate of drug-likeness (QED) is 0.919. The van der Waals surface area contributed by atoms with E-state index in [4.69, 9.17) is 4.74 Å². The second-order valence-electron chi connectivity index (χ2n) is 5.72. The molecule has 0 atom stereocenters. The number of pyridine rings is 1. The summed E-state index contributed by atoms with van der Waals surface area (Å²) in [5.74, 6) is 0.00916. The molecule has 1 saturated carbocycles. The van der Waals surface area contributed by atoms with Gasteiger partial charge in [-0.05, 0) is 61.6 Å². The molecule has 1 aromatic carbocycles. The minimum absolute atomic E-state index is 0.236. The molecule has 4 nitrogen and oxygen atoms in total. The van der Waals surface area contributed by atoms with Crippen molar-refractivity contribution in [2.45, 2.75) is 38.3 Å². The van der Waals surface area contributed by atoms with E-state index in [0.717, 1.165) is 18.4 Å². The lowest BCUT2D eigenvalue weighted by molar-refractivity contribution is 0.0950. The monoisotopic (exact) mass is 314 g/mol. The lowest BCUT2D eigenvalue weighted by Gasteiger charge is -2.13. The third kappa shape index (κ3) is 4.28. The van der Waals surface area contributed by atoms with E-state index in [1.165, 1.54) is 37.1 Å². The first kappa shape index (κ1) is 15.5. The summed E-state index contributed by atoms with van der Waals surface area (Å²) >= 11 is 0. The van der Waals surface area contributed by atoms with Gasteiger partial charge in [0.2, 0.25) is 5.88 Å². The van der Waals surface area contributed by atoms with Gasteiger partial charge < -0.3 is 10.1 Å². The van der Waals surface area contributed by atoms with E-state index < -0.39 is 0 Å². The molecular weight excluding hydrogens is 295 g/mol. The van der Waals surface area contributed by atoms with Crippen molar-refractivity contribution < 1.29 is 13.9 Å². The van der Waals surface area contributed by atoms with Crippen LogP contribution >= 0.6 is 0 Å². The van der Waals surface area contributed by atoms with E-state index in [0.29, 0.717) is 18.0 Å². The van der Waals surface area contributed by atoms with Gasteiger partial charge in [-0.25, -0.2) is 9.37 Å². The largest absolute Gasteiger partial charge is 0.474 e. The maximum Gasteiger partial charge on any atom is 0.251 e. The van der Waals surface area contributed by atoms with Gasteiger partial charge in [0.05, 0.1) is 0 Å². The minimum Gasteiger partial charge on any atom is -0.474 e. The van der Waals surface area contributed by atoms with Crippen molar-refractivity contribution in [2.24, 2.45) is 0 Å². The van der Waals surface area contributed by atoms with Gasteiger partial charge in [0, 0.05) is 24.4 Å². The van der Waals surface area contributed by atoms with Crippen molar-refractivity contribution in [3.05, 3.63) is 59.5 Å². The van der Waals surface area contributed by atoms with Gasteiger partial charge in [-0.1, -0.05) is 0 Å². The van der Waals surface area contributed by atoms with Crippen molar-refractivity contribution in [1.82, 2.24) is 10.3 Å². The highest BCUT2D eigenvalue weighted by Gasteiger charge is 2.17. The predicted molar refractivity (Wildman–Crippen MR) is 84.7 cm³/mol. The molecule has 0 unspecified atom stereocenters. The fraction of sp³-hybridized carbons (Fsp3) is 0.333. The van der Waals surface area contributed by atoms with Crippen LogP contribution in [0.15, 0.2) is 42.6 Å². The Morgan fingerprint density at radius 1 is 1.22 bits per heavy atom. The van der Waals surface area contributed by atoms with Crippen LogP contribution in [0.25, 0.3) is 0 Å². The number of hydrogen-bond donors (Lipinski definition) is 1. The Labute approximate surface area is 134 Å². The molecule has 120 valence electrons. The molecule has 0 radical (unpaired) electrons.